The molecule has 0 radical (unpaired) electrons. The fourth-order valence-corrected chi connectivity index (χ4v) is 4.66. The summed E-state index contributed by atoms with van der Waals surface area (Å²) in [4.78, 5) is 27.3. The van der Waals surface area contributed by atoms with Gasteiger partial charge in [0.2, 0.25) is 5.91 Å². The Morgan fingerprint density at radius 1 is 1.15 bits per heavy atom. The highest BCUT2D eigenvalue weighted by Gasteiger charge is 2.32. The standard InChI is InChI=1S/C26H23ClN2O4/c1-32-23-13-17(16-5-4-6-19(27)12-16)11-18-15-29(9-10-33-25(18)23)24(30)14-22-20-7-2-3-8-21(20)26(31)28-22/h2-8,11-13,22H,9-10,14-15H2,1H3,(H,28,31). The van der Waals surface area contributed by atoms with Gasteiger partial charge in [0, 0.05) is 22.7 Å². The summed E-state index contributed by atoms with van der Waals surface area (Å²) in [5.41, 5.74) is 4.26. The average molecular weight is 463 g/mol. The molecular formula is C26H23ClN2O4. The minimum Gasteiger partial charge on any atom is -0.493 e. The topological polar surface area (TPSA) is 67.9 Å². The third kappa shape index (κ3) is 4.14. The lowest BCUT2D eigenvalue weighted by Crippen LogP contribution is -2.35. The van der Waals surface area contributed by atoms with Gasteiger partial charge in [-0.15, -0.1) is 0 Å². The lowest BCUT2D eigenvalue weighted by Gasteiger charge is -2.22. The molecule has 0 aliphatic carbocycles. The van der Waals surface area contributed by atoms with Crippen molar-refractivity contribution in [2.45, 2.75) is 19.0 Å². The summed E-state index contributed by atoms with van der Waals surface area (Å²) in [6.45, 7) is 1.20. The van der Waals surface area contributed by atoms with E-state index >= 15 is 0 Å². The normalized spacial score (nSPS) is 16.8. The average Bonchev–Trinajstić information content (AvgIpc) is 2.99. The van der Waals surface area contributed by atoms with Gasteiger partial charge in [-0.1, -0.05) is 41.9 Å². The first kappa shape index (κ1) is 21.3. The molecule has 2 amide bonds. The van der Waals surface area contributed by atoms with Gasteiger partial charge in [0.25, 0.3) is 5.91 Å². The number of methoxy groups -OCH3 is 1. The van der Waals surface area contributed by atoms with Gasteiger partial charge in [-0.3, -0.25) is 9.59 Å². The zero-order valence-corrected chi connectivity index (χ0v) is 18.9. The van der Waals surface area contributed by atoms with E-state index in [0.29, 0.717) is 41.8 Å². The van der Waals surface area contributed by atoms with Crippen molar-refractivity contribution in [1.82, 2.24) is 10.2 Å². The number of halogens is 1. The number of hydrogen-bond donors (Lipinski definition) is 1. The maximum absolute atomic E-state index is 13.3. The van der Waals surface area contributed by atoms with Gasteiger partial charge in [0.15, 0.2) is 11.5 Å². The van der Waals surface area contributed by atoms with Crippen LogP contribution >= 0.6 is 11.6 Å². The lowest BCUT2D eigenvalue weighted by atomic mass is 10.0. The highest BCUT2D eigenvalue weighted by Crippen LogP contribution is 2.39. The molecule has 1 atom stereocenters. The minimum absolute atomic E-state index is 0.0411. The molecule has 5 rings (SSSR count). The van der Waals surface area contributed by atoms with Gasteiger partial charge < -0.3 is 19.7 Å². The van der Waals surface area contributed by atoms with E-state index in [4.69, 9.17) is 21.1 Å². The Labute approximate surface area is 197 Å². The summed E-state index contributed by atoms with van der Waals surface area (Å²) in [5.74, 6) is 1.09. The van der Waals surface area contributed by atoms with E-state index in [2.05, 4.69) is 5.32 Å². The van der Waals surface area contributed by atoms with E-state index in [-0.39, 0.29) is 24.3 Å². The van der Waals surface area contributed by atoms with E-state index in [1.807, 2.05) is 54.6 Å². The molecule has 6 nitrogen and oxygen atoms in total. The number of amides is 2. The van der Waals surface area contributed by atoms with Crippen molar-refractivity contribution >= 4 is 23.4 Å². The zero-order valence-electron chi connectivity index (χ0n) is 18.1. The van der Waals surface area contributed by atoms with Crippen LogP contribution in [0.4, 0.5) is 0 Å². The van der Waals surface area contributed by atoms with Gasteiger partial charge in [-0.2, -0.15) is 0 Å². The Bertz CT molecular complexity index is 1240. The molecule has 3 aromatic rings. The molecule has 0 saturated heterocycles. The van der Waals surface area contributed by atoms with E-state index in [0.717, 1.165) is 22.3 Å². The maximum atomic E-state index is 13.3. The Balaban J connectivity index is 1.41. The molecule has 0 fully saturated rings. The molecule has 1 unspecified atom stereocenters. The van der Waals surface area contributed by atoms with Gasteiger partial charge in [-0.05, 0) is 47.0 Å². The number of rotatable bonds is 4. The maximum Gasteiger partial charge on any atom is 0.252 e. The van der Waals surface area contributed by atoms with Crippen LogP contribution < -0.4 is 14.8 Å². The SMILES string of the molecule is COc1cc(-c2cccc(Cl)c2)cc2c1OCCN(C(=O)CC1NC(=O)c3ccccc31)C2. The molecule has 1 N–H and O–H groups in total. The third-order valence-corrected chi connectivity index (χ3v) is 6.33. The molecule has 33 heavy (non-hydrogen) atoms. The summed E-state index contributed by atoms with van der Waals surface area (Å²) >= 11 is 6.19. The van der Waals surface area contributed by atoms with Crippen molar-refractivity contribution in [3.63, 3.8) is 0 Å². The molecule has 2 heterocycles. The molecule has 2 aliphatic rings. The highest BCUT2D eigenvalue weighted by molar-refractivity contribution is 6.30. The largest absolute Gasteiger partial charge is 0.493 e. The molecular weight excluding hydrogens is 440 g/mol. The summed E-state index contributed by atoms with van der Waals surface area (Å²) in [7, 11) is 1.61. The number of nitrogens with one attached hydrogen (secondary N) is 1. The molecule has 7 heteroatoms. The van der Waals surface area contributed by atoms with Crippen LogP contribution in [-0.4, -0.2) is 37.0 Å². The second-order valence-corrected chi connectivity index (χ2v) is 8.59. The molecule has 0 aromatic heterocycles. The van der Waals surface area contributed by atoms with E-state index in [1.165, 1.54) is 0 Å². The van der Waals surface area contributed by atoms with Crippen molar-refractivity contribution in [2.24, 2.45) is 0 Å². The van der Waals surface area contributed by atoms with Gasteiger partial charge >= 0.3 is 0 Å². The smallest absolute Gasteiger partial charge is 0.252 e. The number of carbonyl (C=O) groups excluding carboxylic acids is 2. The van der Waals surface area contributed by atoms with Crippen LogP contribution in [0.1, 0.15) is 33.9 Å². The van der Waals surface area contributed by atoms with Crippen molar-refractivity contribution < 1.29 is 19.1 Å². The van der Waals surface area contributed by atoms with Crippen LogP contribution in [0.15, 0.2) is 60.7 Å². The van der Waals surface area contributed by atoms with Crippen LogP contribution in [0.5, 0.6) is 11.5 Å². The second kappa shape index (κ2) is 8.79. The Morgan fingerprint density at radius 2 is 2.00 bits per heavy atom. The predicted octanol–water partition coefficient (Wildman–Crippen LogP) is 4.61. The minimum atomic E-state index is -0.322. The van der Waals surface area contributed by atoms with Crippen LogP contribution in [0, 0.1) is 0 Å². The molecule has 0 saturated carbocycles. The Kier molecular flexibility index (Phi) is 5.68. The molecule has 3 aromatic carbocycles. The van der Waals surface area contributed by atoms with Gasteiger partial charge in [0.1, 0.15) is 6.61 Å². The van der Waals surface area contributed by atoms with Crippen LogP contribution in [0.25, 0.3) is 11.1 Å². The summed E-state index contributed by atoms with van der Waals surface area (Å²) in [6, 6.07) is 18.6. The fraction of sp³-hybridized carbons (Fsp3) is 0.231. The third-order valence-electron chi connectivity index (χ3n) is 6.10. The van der Waals surface area contributed by atoms with Crippen molar-refractivity contribution in [3.05, 3.63) is 82.4 Å². The monoisotopic (exact) mass is 462 g/mol. The first-order chi connectivity index (χ1) is 16.0. The van der Waals surface area contributed by atoms with E-state index in [9.17, 15) is 9.59 Å². The number of ether oxygens (including phenoxy) is 2. The van der Waals surface area contributed by atoms with Gasteiger partial charge in [-0.25, -0.2) is 0 Å². The number of benzene rings is 3. The first-order valence-corrected chi connectivity index (χ1v) is 11.2. The molecule has 2 aliphatic heterocycles. The molecule has 168 valence electrons. The highest BCUT2D eigenvalue weighted by atomic mass is 35.5. The van der Waals surface area contributed by atoms with Crippen molar-refractivity contribution in [3.8, 4) is 22.6 Å². The second-order valence-electron chi connectivity index (χ2n) is 8.16. The quantitative estimate of drug-likeness (QED) is 0.614. The summed E-state index contributed by atoms with van der Waals surface area (Å²) in [5, 5.41) is 3.57. The summed E-state index contributed by atoms with van der Waals surface area (Å²) in [6.07, 6.45) is 0.198. The van der Waals surface area contributed by atoms with E-state index in [1.54, 1.807) is 18.1 Å². The fourth-order valence-electron chi connectivity index (χ4n) is 4.47. The number of carbonyl (C=O) groups is 2. The van der Waals surface area contributed by atoms with Gasteiger partial charge in [0.05, 0.1) is 26.1 Å². The van der Waals surface area contributed by atoms with Crippen LogP contribution in [0.2, 0.25) is 5.02 Å². The predicted molar refractivity (Wildman–Crippen MR) is 126 cm³/mol. The first-order valence-electron chi connectivity index (χ1n) is 10.8. The molecule has 0 spiro atoms. The zero-order chi connectivity index (χ0) is 22.9. The van der Waals surface area contributed by atoms with Crippen LogP contribution in [-0.2, 0) is 11.3 Å². The van der Waals surface area contributed by atoms with Crippen molar-refractivity contribution in [2.75, 3.05) is 20.3 Å². The van der Waals surface area contributed by atoms with Crippen LogP contribution in [0.3, 0.4) is 0 Å². The number of hydrogen-bond acceptors (Lipinski definition) is 4. The number of nitrogens with zero attached hydrogens (tertiary/aromatic N) is 1. The number of fused-ring (bicyclic) bond motifs is 2. The lowest BCUT2D eigenvalue weighted by molar-refractivity contribution is -0.132. The Morgan fingerprint density at radius 3 is 2.82 bits per heavy atom. The van der Waals surface area contributed by atoms with E-state index < -0.39 is 0 Å². The molecule has 0 bridgehead atoms. The Hall–Kier alpha value is -3.51. The van der Waals surface area contributed by atoms with Crippen molar-refractivity contribution in [1.29, 1.82) is 0 Å². The summed E-state index contributed by atoms with van der Waals surface area (Å²) < 4.78 is 11.6.